The van der Waals surface area contributed by atoms with Crippen LogP contribution in [0.2, 0.25) is 0 Å². The van der Waals surface area contributed by atoms with Gasteiger partial charge in [-0.1, -0.05) is 24.3 Å². The van der Waals surface area contributed by atoms with Crippen LogP contribution in [0.4, 0.5) is 0 Å². The summed E-state index contributed by atoms with van der Waals surface area (Å²) < 4.78 is 0. The van der Waals surface area contributed by atoms with Gasteiger partial charge in [-0.05, 0) is 62.3 Å². The summed E-state index contributed by atoms with van der Waals surface area (Å²) in [6.07, 6.45) is 6.09. The molecule has 20 heavy (non-hydrogen) atoms. The van der Waals surface area contributed by atoms with Crippen LogP contribution in [0.25, 0.3) is 0 Å². The second-order valence-corrected chi connectivity index (χ2v) is 6.94. The van der Waals surface area contributed by atoms with Crippen molar-refractivity contribution in [3.05, 3.63) is 35.4 Å². The monoisotopic (exact) mass is 292 g/mol. The number of likely N-dealkylation sites (N-methyl/N-ethyl adjacent to an activating group) is 1. The van der Waals surface area contributed by atoms with Crippen LogP contribution in [0.3, 0.4) is 0 Å². The van der Waals surface area contributed by atoms with Crippen molar-refractivity contribution in [2.24, 2.45) is 5.73 Å². The lowest BCUT2D eigenvalue weighted by Crippen LogP contribution is -2.37. The molecule has 1 aliphatic carbocycles. The third-order valence-corrected chi connectivity index (χ3v) is 5.17. The van der Waals surface area contributed by atoms with E-state index in [1.54, 1.807) is 0 Å². The number of nitrogens with two attached hydrogens (primary N) is 1. The first-order valence-corrected chi connectivity index (χ1v) is 9.08. The Bertz CT molecular complexity index is 417. The van der Waals surface area contributed by atoms with Crippen molar-refractivity contribution in [2.45, 2.75) is 44.2 Å². The number of benzene rings is 1. The molecule has 0 saturated heterocycles. The summed E-state index contributed by atoms with van der Waals surface area (Å²) in [6, 6.07) is 9.83. The first-order chi connectivity index (χ1) is 9.69. The summed E-state index contributed by atoms with van der Waals surface area (Å²) in [5.41, 5.74) is 9.10. The lowest BCUT2D eigenvalue weighted by atomic mass is 9.95. The molecule has 0 spiro atoms. The van der Waals surface area contributed by atoms with E-state index >= 15 is 0 Å². The molecule has 0 aromatic heterocycles. The molecule has 0 radical (unpaired) electrons. The number of hydrogen-bond donors (Lipinski definition) is 1. The second-order valence-electron chi connectivity index (χ2n) is 5.95. The molecule has 0 amide bonds. The van der Waals surface area contributed by atoms with Gasteiger partial charge < -0.3 is 5.73 Å². The van der Waals surface area contributed by atoms with Crippen LogP contribution in [-0.4, -0.2) is 36.5 Å². The van der Waals surface area contributed by atoms with Crippen molar-refractivity contribution in [1.29, 1.82) is 0 Å². The quantitative estimate of drug-likeness (QED) is 0.793. The zero-order chi connectivity index (χ0) is 14.5. The van der Waals surface area contributed by atoms with Gasteiger partial charge in [0.05, 0.1) is 0 Å². The molecular formula is C17H28N2S. The summed E-state index contributed by atoms with van der Waals surface area (Å²) >= 11 is 1.92. The predicted molar refractivity (Wildman–Crippen MR) is 90.4 cm³/mol. The Morgan fingerprint density at radius 1 is 1.35 bits per heavy atom. The molecule has 112 valence electrons. The van der Waals surface area contributed by atoms with Crippen molar-refractivity contribution in [3.63, 3.8) is 0 Å². The molecule has 1 aromatic rings. The minimum atomic E-state index is 0.351. The summed E-state index contributed by atoms with van der Waals surface area (Å²) in [4.78, 5) is 2.47. The number of nitrogens with zero attached hydrogens (tertiary/aromatic N) is 1. The lowest BCUT2D eigenvalue weighted by molar-refractivity contribution is 0.185. The van der Waals surface area contributed by atoms with Crippen molar-refractivity contribution in [1.82, 2.24) is 4.90 Å². The molecule has 0 bridgehead atoms. The summed E-state index contributed by atoms with van der Waals surface area (Å²) in [6.45, 7) is 3.02. The minimum Gasteiger partial charge on any atom is -0.329 e. The fourth-order valence-electron chi connectivity index (χ4n) is 2.89. The van der Waals surface area contributed by atoms with E-state index in [9.17, 15) is 0 Å². The highest BCUT2D eigenvalue weighted by atomic mass is 32.2. The van der Waals surface area contributed by atoms with Crippen LogP contribution in [0.15, 0.2) is 24.3 Å². The van der Waals surface area contributed by atoms with E-state index < -0.39 is 0 Å². The highest BCUT2D eigenvalue weighted by Gasteiger charge is 2.29. The molecule has 1 aliphatic rings. The normalized spacial score (nSPS) is 18.2. The maximum Gasteiger partial charge on any atom is 0.0473 e. The molecule has 2 nitrogen and oxygen atoms in total. The summed E-state index contributed by atoms with van der Waals surface area (Å²) in [5, 5.41) is 0. The van der Waals surface area contributed by atoms with Crippen molar-refractivity contribution >= 4 is 11.8 Å². The predicted octanol–water partition coefficient (Wildman–Crippen LogP) is 3.64. The van der Waals surface area contributed by atoms with Crippen LogP contribution < -0.4 is 5.73 Å². The van der Waals surface area contributed by atoms with E-state index in [0.29, 0.717) is 18.6 Å². The van der Waals surface area contributed by atoms with Crippen molar-refractivity contribution < 1.29 is 0 Å². The molecule has 1 fully saturated rings. The van der Waals surface area contributed by atoms with Crippen LogP contribution in [0.1, 0.15) is 49.3 Å². The average molecular weight is 292 g/mol. The van der Waals surface area contributed by atoms with Gasteiger partial charge in [0.2, 0.25) is 0 Å². The Kier molecular flexibility index (Phi) is 5.94. The second kappa shape index (κ2) is 7.48. The van der Waals surface area contributed by atoms with Gasteiger partial charge in [0.15, 0.2) is 0 Å². The Hall–Kier alpha value is -0.510. The maximum absolute atomic E-state index is 6.11. The average Bonchev–Trinajstić information content (AvgIpc) is 3.30. The van der Waals surface area contributed by atoms with Gasteiger partial charge >= 0.3 is 0 Å². The van der Waals surface area contributed by atoms with E-state index in [-0.39, 0.29) is 0 Å². The van der Waals surface area contributed by atoms with E-state index in [4.69, 9.17) is 5.73 Å². The molecule has 2 atom stereocenters. The number of thioether (sulfide) groups is 1. The summed E-state index contributed by atoms with van der Waals surface area (Å²) in [5.74, 6) is 2.00. The molecule has 0 aliphatic heterocycles. The van der Waals surface area contributed by atoms with Gasteiger partial charge in [-0.3, -0.25) is 4.90 Å². The van der Waals surface area contributed by atoms with Gasteiger partial charge in [-0.2, -0.15) is 11.8 Å². The molecule has 2 N–H and O–H groups in total. The molecule has 2 unspecified atom stereocenters. The Labute approximate surface area is 128 Å². The molecule has 2 rings (SSSR count). The fourth-order valence-corrected chi connectivity index (χ4v) is 3.47. The van der Waals surface area contributed by atoms with Gasteiger partial charge in [0.1, 0.15) is 0 Å². The first kappa shape index (κ1) is 15.9. The minimum absolute atomic E-state index is 0.351. The molecule has 3 heteroatoms. The van der Waals surface area contributed by atoms with Crippen LogP contribution in [-0.2, 0) is 0 Å². The van der Waals surface area contributed by atoms with Crippen molar-refractivity contribution in [3.8, 4) is 0 Å². The third-order valence-electron chi connectivity index (χ3n) is 4.52. The molecule has 0 heterocycles. The van der Waals surface area contributed by atoms with E-state index in [1.807, 2.05) is 11.8 Å². The van der Waals surface area contributed by atoms with Crippen LogP contribution >= 0.6 is 11.8 Å². The van der Waals surface area contributed by atoms with E-state index in [2.05, 4.69) is 49.4 Å². The maximum atomic E-state index is 6.11. The van der Waals surface area contributed by atoms with Gasteiger partial charge in [0.25, 0.3) is 0 Å². The largest absolute Gasteiger partial charge is 0.329 e. The van der Waals surface area contributed by atoms with E-state index in [1.165, 1.54) is 36.1 Å². The Morgan fingerprint density at radius 2 is 2.05 bits per heavy atom. The molecule has 1 aromatic carbocycles. The molecular weight excluding hydrogens is 264 g/mol. The lowest BCUT2D eigenvalue weighted by Gasteiger charge is -2.34. The molecule has 1 saturated carbocycles. The smallest absolute Gasteiger partial charge is 0.0473 e. The highest BCUT2D eigenvalue weighted by molar-refractivity contribution is 7.98. The first-order valence-electron chi connectivity index (χ1n) is 7.68. The van der Waals surface area contributed by atoms with Crippen LogP contribution in [0, 0.1) is 0 Å². The summed E-state index contributed by atoms with van der Waals surface area (Å²) in [7, 11) is 2.23. The topological polar surface area (TPSA) is 29.3 Å². The number of rotatable bonds is 8. The highest BCUT2D eigenvalue weighted by Crippen LogP contribution is 2.43. The SMILES string of the molecule is CSCCC(C)N(C)C(CN)c1ccccc1C1CC1. The van der Waals surface area contributed by atoms with Gasteiger partial charge in [-0.25, -0.2) is 0 Å². The van der Waals surface area contributed by atoms with Crippen molar-refractivity contribution in [2.75, 3.05) is 25.6 Å². The fraction of sp³-hybridized carbons (Fsp3) is 0.647. The van der Waals surface area contributed by atoms with Crippen LogP contribution in [0.5, 0.6) is 0 Å². The zero-order valence-corrected chi connectivity index (χ0v) is 13.8. The zero-order valence-electron chi connectivity index (χ0n) is 13.0. The van der Waals surface area contributed by atoms with Gasteiger partial charge in [-0.15, -0.1) is 0 Å². The van der Waals surface area contributed by atoms with E-state index in [0.717, 1.165) is 5.92 Å². The third kappa shape index (κ3) is 3.78. The Morgan fingerprint density at radius 3 is 2.65 bits per heavy atom. The number of hydrogen-bond acceptors (Lipinski definition) is 3. The standard InChI is InChI=1S/C17H28N2S/c1-13(10-11-20-3)19(2)17(12-18)16-7-5-4-6-15(16)14-8-9-14/h4-7,13-14,17H,8-12,18H2,1-3H3. The van der Waals surface area contributed by atoms with Gasteiger partial charge in [0, 0.05) is 18.6 Å². The Balaban J connectivity index is 2.14.